The van der Waals surface area contributed by atoms with Crippen molar-refractivity contribution in [3.8, 4) is 0 Å². The van der Waals surface area contributed by atoms with Crippen molar-refractivity contribution in [2.24, 2.45) is 0 Å². The van der Waals surface area contributed by atoms with Crippen LogP contribution in [-0.2, 0) is 0 Å². The van der Waals surface area contributed by atoms with Crippen LogP contribution in [0.1, 0.15) is 20.3 Å². The van der Waals surface area contributed by atoms with E-state index in [0.717, 1.165) is 6.42 Å². The van der Waals surface area contributed by atoms with Gasteiger partial charge in [0, 0.05) is 5.92 Å². The first-order valence-corrected chi connectivity index (χ1v) is 4.53. The molecule has 0 saturated carbocycles. The van der Waals surface area contributed by atoms with Gasteiger partial charge in [-0.2, -0.15) is 0 Å². The van der Waals surface area contributed by atoms with Gasteiger partial charge in [0.2, 0.25) is 0 Å². The second kappa shape index (κ2) is 4.27. The summed E-state index contributed by atoms with van der Waals surface area (Å²) in [6.07, 6.45) is 9.24. The third-order valence-electron chi connectivity index (χ3n) is 2.16. The van der Waals surface area contributed by atoms with Crippen molar-refractivity contribution in [1.82, 2.24) is 0 Å². The summed E-state index contributed by atoms with van der Waals surface area (Å²) in [6.45, 7) is 11.9. The highest BCUT2D eigenvalue weighted by atomic mass is 14.1. The first-order valence-electron chi connectivity index (χ1n) is 4.53. The SMILES string of the molecule is [CH2]CC1=C[C](C)C(C=C)=CC(C)=C1. The Morgan fingerprint density at radius 1 is 1.23 bits per heavy atom. The smallest absolute Gasteiger partial charge is 0.0238 e. The molecule has 0 fully saturated rings. The van der Waals surface area contributed by atoms with Gasteiger partial charge in [0.15, 0.2) is 0 Å². The zero-order chi connectivity index (χ0) is 9.84. The van der Waals surface area contributed by atoms with Crippen LogP contribution in [0.5, 0.6) is 0 Å². The fraction of sp³-hybridized carbons (Fsp3) is 0.231. The van der Waals surface area contributed by atoms with Crippen LogP contribution in [0.3, 0.4) is 0 Å². The summed E-state index contributed by atoms with van der Waals surface area (Å²) in [7, 11) is 0. The van der Waals surface area contributed by atoms with Gasteiger partial charge in [0.1, 0.15) is 0 Å². The van der Waals surface area contributed by atoms with E-state index in [4.69, 9.17) is 0 Å². The lowest BCUT2D eigenvalue weighted by Gasteiger charge is -2.05. The van der Waals surface area contributed by atoms with Crippen LogP contribution in [0.25, 0.3) is 0 Å². The summed E-state index contributed by atoms with van der Waals surface area (Å²) in [4.78, 5) is 0. The maximum absolute atomic E-state index is 3.90. The molecular formula is C13H16. The highest BCUT2D eigenvalue weighted by molar-refractivity contribution is 5.49. The van der Waals surface area contributed by atoms with Crippen LogP contribution in [0.15, 0.2) is 47.6 Å². The molecule has 1 aliphatic carbocycles. The van der Waals surface area contributed by atoms with E-state index >= 15 is 0 Å². The van der Waals surface area contributed by atoms with Crippen LogP contribution in [-0.4, -0.2) is 0 Å². The van der Waals surface area contributed by atoms with Crippen molar-refractivity contribution < 1.29 is 0 Å². The average Bonchev–Trinajstić information content (AvgIpc) is 2.25. The Labute approximate surface area is 81.4 Å². The molecule has 0 N–H and O–H groups in total. The predicted octanol–water partition coefficient (Wildman–Crippen LogP) is 3.80. The molecule has 0 aromatic rings. The molecular weight excluding hydrogens is 156 g/mol. The third-order valence-corrected chi connectivity index (χ3v) is 2.16. The van der Waals surface area contributed by atoms with Gasteiger partial charge in [-0.25, -0.2) is 0 Å². The van der Waals surface area contributed by atoms with Crippen LogP contribution in [0.2, 0.25) is 0 Å². The van der Waals surface area contributed by atoms with Crippen LogP contribution >= 0.6 is 0 Å². The summed E-state index contributed by atoms with van der Waals surface area (Å²) < 4.78 is 0. The van der Waals surface area contributed by atoms with Crippen molar-refractivity contribution in [1.29, 1.82) is 0 Å². The molecule has 0 heteroatoms. The maximum atomic E-state index is 3.90. The van der Waals surface area contributed by atoms with Gasteiger partial charge in [-0.05, 0) is 25.8 Å². The highest BCUT2D eigenvalue weighted by Crippen LogP contribution is 2.24. The minimum Gasteiger partial charge on any atom is -0.0988 e. The van der Waals surface area contributed by atoms with Crippen molar-refractivity contribution in [3.63, 3.8) is 0 Å². The number of hydrogen-bond acceptors (Lipinski definition) is 0. The van der Waals surface area contributed by atoms with Crippen molar-refractivity contribution >= 4 is 0 Å². The van der Waals surface area contributed by atoms with E-state index in [1.165, 1.54) is 22.6 Å². The van der Waals surface area contributed by atoms with E-state index in [-0.39, 0.29) is 0 Å². The summed E-state index contributed by atoms with van der Waals surface area (Å²) in [5, 5.41) is 0. The molecule has 0 aromatic heterocycles. The molecule has 0 nitrogen and oxygen atoms in total. The Hall–Kier alpha value is -1.04. The largest absolute Gasteiger partial charge is 0.0988 e. The molecule has 0 aliphatic heterocycles. The summed E-state index contributed by atoms with van der Waals surface area (Å²) in [6, 6.07) is 0. The summed E-state index contributed by atoms with van der Waals surface area (Å²) >= 11 is 0. The summed E-state index contributed by atoms with van der Waals surface area (Å²) in [5.41, 5.74) is 3.75. The molecule has 0 heterocycles. The maximum Gasteiger partial charge on any atom is 0.0238 e. The Morgan fingerprint density at radius 2 is 1.92 bits per heavy atom. The number of hydrogen-bond donors (Lipinski definition) is 0. The molecule has 0 spiro atoms. The predicted molar refractivity (Wildman–Crippen MR) is 59.0 cm³/mol. The monoisotopic (exact) mass is 172 g/mol. The average molecular weight is 172 g/mol. The zero-order valence-electron chi connectivity index (χ0n) is 8.43. The van der Waals surface area contributed by atoms with E-state index in [9.17, 15) is 0 Å². The lowest BCUT2D eigenvalue weighted by Crippen LogP contribution is -1.89. The highest BCUT2D eigenvalue weighted by Gasteiger charge is 2.07. The van der Waals surface area contributed by atoms with Gasteiger partial charge in [-0.1, -0.05) is 49.0 Å². The molecule has 0 atom stereocenters. The lowest BCUT2D eigenvalue weighted by atomic mass is 9.99. The molecule has 68 valence electrons. The molecule has 0 saturated heterocycles. The number of allylic oxidation sites excluding steroid dienone is 7. The Kier molecular flexibility index (Phi) is 3.30. The van der Waals surface area contributed by atoms with Gasteiger partial charge >= 0.3 is 0 Å². The zero-order valence-corrected chi connectivity index (χ0v) is 8.43. The molecule has 1 aliphatic rings. The van der Waals surface area contributed by atoms with E-state index < -0.39 is 0 Å². The number of rotatable bonds is 2. The first-order chi connectivity index (χ1) is 6.17. The Balaban J connectivity index is 3.04. The second-order valence-electron chi connectivity index (χ2n) is 3.34. The van der Waals surface area contributed by atoms with E-state index in [1.807, 2.05) is 6.08 Å². The summed E-state index contributed by atoms with van der Waals surface area (Å²) in [5.74, 6) is 1.27. The van der Waals surface area contributed by atoms with Crippen molar-refractivity contribution in [3.05, 3.63) is 60.4 Å². The van der Waals surface area contributed by atoms with Gasteiger partial charge in [-0.3, -0.25) is 0 Å². The van der Waals surface area contributed by atoms with Crippen molar-refractivity contribution in [2.45, 2.75) is 20.3 Å². The van der Waals surface area contributed by atoms with Gasteiger partial charge < -0.3 is 0 Å². The van der Waals surface area contributed by atoms with E-state index in [1.54, 1.807) is 0 Å². The van der Waals surface area contributed by atoms with Crippen LogP contribution < -0.4 is 0 Å². The molecule has 0 aromatic carbocycles. The molecule has 0 bridgehead atoms. The third kappa shape index (κ3) is 2.45. The minimum absolute atomic E-state index is 0.840. The lowest BCUT2D eigenvalue weighted by molar-refractivity contribution is 1.20. The van der Waals surface area contributed by atoms with E-state index in [0.29, 0.717) is 0 Å². The fourth-order valence-corrected chi connectivity index (χ4v) is 1.46. The van der Waals surface area contributed by atoms with Gasteiger partial charge in [0.05, 0.1) is 0 Å². The molecule has 0 unspecified atom stereocenters. The quantitative estimate of drug-likeness (QED) is 0.594. The van der Waals surface area contributed by atoms with Crippen molar-refractivity contribution in [2.75, 3.05) is 0 Å². The molecule has 0 amide bonds. The van der Waals surface area contributed by atoms with Gasteiger partial charge in [0.25, 0.3) is 0 Å². The normalized spacial score (nSPS) is 18.5. The van der Waals surface area contributed by atoms with Crippen LogP contribution in [0.4, 0.5) is 0 Å². The topological polar surface area (TPSA) is 0 Å². The first kappa shape index (κ1) is 10.0. The fourth-order valence-electron chi connectivity index (χ4n) is 1.46. The standard InChI is InChI=1S/C13H16/c1-5-12-7-10(3)8-13(6-2)11(4)9-12/h6-9H,1-2,5H2,3-4H3. The Morgan fingerprint density at radius 3 is 2.46 bits per heavy atom. The minimum atomic E-state index is 0.840. The second-order valence-corrected chi connectivity index (χ2v) is 3.34. The molecule has 1 rings (SSSR count). The molecule has 13 heavy (non-hydrogen) atoms. The van der Waals surface area contributed by atoms with Crippen LogP contribution in [0, 0.1) is 12.8 Å². The Bertz CT molecular complexity index is 287. The van der Waals surface area contributed by atoms with E-state index in [2.05, 4.69) is 45.6 Å². The molecule has 2 radical (unpaired) electrons. The van der Waals surface area contributed by atoms with Gasteiger partial charge in [-0.15, -0.1) is 0 Å².